The van der Waals surface area contributed by atoms with Gasteiger partial charge in [-0.1, -0.05) is 26.7 Å². The maximum Gasteiger partial charge on any atom is 0.254 e. The van der Waals surface area contributed by atoms with Crippen molar-refractivity contribution in [1.82, 2.24) is 14.9 Å². The Balaban J connectivity index is 1.87. The number of fused-ring (bicyclic) bond motifs is 1. The number of rotatable bonds is 4. The zero-order valence-electron chi connectivity index (χ0n) is 12.8. The van der Waals surface area contributed by atoms with Crippen molar-refractivity contribution in [1.29, 1.82) is 0 Å². The van der Waals surface area contributed by atoms with Gasteiger partial charge in [0.2, 0.25) is 0 Å². The molecular weight excluding hydrogens is 262 g/mol. The van der Waals surface area contributed by atoms with Crippen LogP contribution in [0.2, 0.25) is 0 Å². The number of carbonyl (C=O) groups excluding carboxylic acids is 1. The van der Waals surface area contributed by atoms with E-state index in [1.54, 1.807) is 6.33 Å². The Morgan fingerprint density at radius 2 is 2.14 bits per heavy atom. The van der Waals surface area contributed by atoms with Gasteiger partial charge in [-0.15, -0.1) is 0 Å². The summed E-state index contributed by atoms with van der Waals surface area (Å²) in [7, 11) is 0. The number of nitrogens with one attached hydrogen (secondary N) is 1. The van der Waals surface area contributed by atoms with E-state index in [1.165, 1.54) is 12.8 Å². The van der Waals surface area contributed by atoms with Gasteiger partial charge in [0.25, 0.3) is 5.91 Å². The van der Waals surface area contributed by atoms with Gasteiger partial charge in [0.15, 0.2) is 0 Å². The second-order valence-corrected chi connectivity index (χ2v) is 6.42. The summed E-state index contributed by atoms with van der Waals surface area (Å²) in [5.74, 6) is 0.650. The average Bonchev–Trinajstić information content (AvgIpc) is 3.13. The van der Waals surface area contributed by atoms with Crippen molar-refractivity contribution in [2.45, 2.75) is 45.6 Å². The number of benzene rings is 1. The van der Waals surface area contributed by atoms with Gasteiger partial charge >= 0.3 is 0 Å². The van der Waals surface area contributed by atoms with Crippen molar-refractivity contribution in [2.24, 2.45) is 5.92 Å². The van der Waals surface area contributed by atoms with E-state index in [-0.39, 0.29) is 5.91 Å². The van der Waals surface area contributed by atoms with Gasteiger partial charge in [-0.05, 0) is 37.0 Å². The van der Waals surface area contributed by atoms with Crippen LogP contribution in [0.4, 0.5) is 0 Å². The van der Waals surface area contributed by atoms with Crippen LogP contribution in [-0.4, -0.2) is 33.4 Å². The van der Waals surface area contributed by atoms with Crippen LogP contribution in [0.5, 0.6) is 0 Å². The lowest BCUT2D eigenvalue weighted by Gasteiger charge is -2.30. The standard InChI is InChI=1S/C17H23N3O/c1-12(2)10-20(14-5-3-4-6-14)17(21)13-7-8-15-16(9-13)19-11-18-15/h7-9,11-12,14H,3-6,10H2,1-2H3,(H,18,19). The third-order valence-electron chi connectivity index (χ3n) is 4.26. The van der Waals surface area contributed by atoms with Crippen molar-refractivity contribution < 1.29 is 4.79 Å². The number of hydrogen-bond donors (Lipinski definition) is 1. The van der Waals surface area contributed by atoms with E-state index < -0.39 is 0 Å². The maximum absolute atomic E-state index is 12.9. The van der Waals surface area contributed by atoms with E-state index in [9.17, 15) is 4.79 Å². The lowest BCUT2D eigenvalue weighted by molar-refractivity contribution is 0.0655. The minimum Gasteiger partial charge on any atom is -0.345 e. The fraction of sp³-hybridized carbons (Fsp3) is 0.529. The Labute approximate surface area is 125 Å². The van der Waals surface area contributed by atoms with Crippen LogP contribution < -0.4 is 0 Å². The predicted octanol–water partition coefficient (Wildman–Crippen LogP) is 3.60. The molecule has 21 heavy (non-hydrogen) atoms. The summed E-state index contributed by atoms with van der Waals surface area (Å²) >= 11 is 0. The van der Waals surface area contributed by atoms with Gasteiger partial charge < -0.3 is 9.88 Å². The highest BCUT2D eigenvalue weighted by atomic mass is 16.2. The molecule has 0 spiro atoms. The third-order valence-corrected chi connectivity index (χ3v) is 4.26. The Morgan fingerprint density at radius 3 is 2.86 bits per heavy atom. The highest BCUT2D eigenvalue weighted by Gasteiger charge is 2.28. The van der Waals surface area contributed by atoms with E-state index in [1.807, 2.05) is 18.2 Å². The van der Waals surface area contributed by atoms with Crippen LogP contribution in [-0.2, 0) is 0 Å². The minimum atomic E-state index is 0.159. The second-order valence-electron chi connectivity index (χ2n) is 6.42. The first-order valence-electron chi connectivity index (χ1n) is 7.89. The summed E-state index contributed by atoms with van der Waals surface area (Å²) in [5, 5.41) is 0. The summed E-state index contributed by atoms with van der Waals surface area (Å²) in [5.41, 5.74) is 2.60. The first kappa shape index (κ1) is 14.1. The van der Waals surface area contributed by atoms with E-state index in [0.717, 1.165) is 36.0 Å². The molecule has 1 fully saturated rings. The molecule has 0 unspecified atom stereocenters. The van der Waals surface area contributed by atoms with Crippen molar-refractivity contribution in [2.75, 3.05) is 6.54 Å². The Morgan fingerprint density at radius 1 is 1.38 bits per heavy atom. The molecule has 1 aliphatic carbocycles. The highest BCUT2D eigenvalue weighted by molar-refractivity contribution is 5.97. The number of amides is 1. The van der Waals surface area contributed by atoms with Crippen LogP contribution in [0.25, 0.3) is 11.0 Å². The smallest absolute Gasteiger partial charge is 0.254 e. The molecule has 0 bridgehead atoms. The van der Waals surface area contributed by atoms with Crippen LogP contribution in [0, 0.1) is 5.92 Å². The SMILES string of the molecule is CC(C)CN(C(=O)c1ccc2nc[nH]c2c1)C1CCCC1. The van der Waals surface area contributed by atoms with E-state index in [4.69, 9.17) is 0 Å². The molecule has 1 aliphatic rings. The Bertz CT molecular complexity index is 626. The number of aromatic nitrogens is 2. The fourth-order valence-electron chi connectivity index (χ4n) is 3.24. The summed E-state index contributed by atoms with van der Waals surface area (Å²) in [6, 6.07) is 6.15. The van der Waals surface area contributed by atoms with Crippen LogP contribution in [0.1, 0.15) is 49.9 Å². The molecule has 1 aromatic carbocycles. The summed E-state index contributed by atoms with van der Waals surface area (Å²) in [6.07, 6.45) is 6.44. The topological polar surface area (TPSA) is 49.0 Å². The zero-order valence-corrected chi connectivity index (χ0v) is 12.8. The summed E-state index contributed by atoms with van der Waals surface area (Å²) < 4.78 is 0. The van der Waals surface area contributed by atoms with Crippen LogP contribution >= 0.6 is 0 Å². The number of aromatic amines is 1. The van der Waals surface area contributed by atoms with Crippen molar-refractivity contribution in [3.8, 4) is 0 Å². The van der Waals surface area contributed by atoms with Gasteiger partial charge in [0, 0.05) is 18.2 Å². The lowest BCUT2D eigenvalue weighted by atomic mass is 10.1. The maximum atomic E-state index is 12.9. The molecule has 1 heterocycles. The summed E-state index contributed by atoms with van der Waals surface area (Å²) in [6.45, 7) is 5.19. The normalized spacial score (nSPS) is 16.0. The molecule has 1 aromatic heterocycles. The first-order valence-corrected chi connectivity index (χ1v) is 7.89. The number of imidazole rings is 1. The zero-order chi connectivity index (χ0) is 14.8. The Hall–Kier alpha value is -1.84. The molecule has 0 saturated heterocycles. The molecule has 1 N–H and O–H groups in total. The van der Waals surface area contributed by atoms with Crippen LogP contribution in [0.15, 0.2) is 24.5 Å². The molecule has 1 saturated carbocycles. The minimum absolute atomic E-state index is 0.159. The van der Waals surface area contributed by atoms with Gasteiger partial charge in [-0.2, -0.15) is 0 Å². The predicted molar refractivity (Wildman–Crippen MR) is 84.2 cm³/mol. The van der Waals surface area contributed by atoms with Gasteiger partial charge in [-0.3, -0.25) is 4.79 Å². The Kier molecular flexibility index (Phi) is 3.95. The molecule has 1 amide bonds. The van der Waals surface area contributed by atoms with Gasteiger partial charge in [-0.25, -0.2) is 4.98 Å². The average molecular weight is 285 g/mol. The number of H-pyrrole nitrogens is 1. The van der Waals surface area contributed by atoms with E-state index in [2.05, 4.69) is 28.7 Å². The molecule has 112 valence electrons. The molecular formula is C17H23N3O. The van der Waals surface area contributed by atoms with Gasteiger partial charge in [0.05, 0.1) is 17.4 Å². The number of hydrogen-bond acceptors (Lipinski definition) is 2. The molecule has 0 radical (unpaired) electrons. The van der Waals surface area contributed by atoms with Gasteiger partial charge in [0.1, 0.15) is 0 Å². The van der Waals surface area contributed by atoms with E-state index in [0.29, 0.717) is 12.0 Å². The lowest BCUT2D eigenvalue weighted by Crippen LogP contribution is -2.41. The van der Waals surface area contributed by atoms with E-state index >= 15 is 0 Å². The number of nitrogens with zero attached hydrogens (tertiary/aromatic N) is 2. The summed E-state index contributed by atoms with van der Waals surface area (Å²) in [4.78, 5) is 22.3. The molecule has 4 nitrogen and oxygen atoms in total. The monoisotopic (exact) mass is 285 g/mol. The highest BCUT2D eigenvalue weighted by Crippen LogP contribution is 2.26. The number of carbonyl (C=O) groups is 1. The van der Waals surface area contributed by atoms with Crippen molar-refractivity contribution in [3.05, 3.63) is 30.1 Å². The molecule has 4 heteroatoms. The fourth-order valence-corrected chi connectivity index (χ4v) is 3.24. The quantitative estimate of drug-likeness (QED) is 0.933. The van der Waals surface area contributed by atoms with Crippen LogP contribution in [0.3, 0.4) is 0 Å². The van der Waals surface area contributed by atoms with Crippen molar-refractivity contribution in [3.63, 3.8) is 0 Å². The third kappa shape index (κ3) is 2.94. The largest absolute Gasteiger partial charge is 0.345 e. The molecule has 0 aliphatic heterocycles. The molecule has 2 aromatic rings. The van der Waals surface area contributed by atoms with Crippen molar-refractivity contribution >= 4 is 16.9 Å². The molecule has 0 atom stereocenters. The molecule has 3 rings (SSSR count). The first-order chi connectivity index (χ1) is 10.1. The second kappa shape index (κ2) is 5.88.